The third-order valence-electron chi connectivity index (χ3n) is 4.65. The Labute approximate surface area is 147 Å². The molecule has 0 spiro atoms. The van der Waals surface area contributed by atoms with Gasteiger partial charge >= 0.3 is 0 Å². The number of hydrogen-bond acceptors (Lipinski definition) is 5. The maximum absolute atomic E-state index is 12.7. The number of carbonyl (C=O) groups is 3. The fourth-order valence-corrected chi connectivity index (χ4v) is 3.35. The van der Waals surface area contributed by atoms with Crippen LogP contribution in [0, 0.1) is 10.1 Å². The van der Waals surface area contributed by atoms with Gasteiger partial charge in [-0.05, 0) is 24.1 Å². The van der Waals surface area contributed by atoms with E-state index in [9.17, 15) is 24.5 Å². The Kier molecular flexibility index (Phi) is 3.54. The molecule has 4 rings (SSSR count). The van der Waals surface area contributed by atoms with Crippen LogP contribution in [0.25, 0.3) is 0 Å². The first-order valence-corrected chi connectivity index (χ1v) is 8.00. The van der Waals surface area contributed by atoms with Crippen molar-refractivity contribution in [3.63, 3.8) is 0 Å². The number of benzene rings is 2. The molecule has 2 aliphatic rings. The number of anilines is 1. The molecule has 26 heavy (non-hydrogen) atoms. The second kappa shape index (κ2) is 5.76. The van der Waals surface area contributed by atoms with Gasteiger partial charge in [0.05, 0.1) is 16.1 Å². The first-order chi connectivity index (χ1) is 12.5. The van der Waals surface area contributed by atoms with Crippen molar-refractivity contribution in [1.82, 2.24) is 4.90 Å². The summed E-state index contributed by atoms with van der Waals surface area (Å²) in [5, 5.41) is 10.9. The van der Waals surface area contributed by atoms with Crippen molar-refractivity contribution in [2.45, 2.75) is 6.42 Å². The van der Waals surface area contributed by atoms with E-state index in [-0.39, 0.29) is 22.7 Å². The molecule has 0 N–H and O–H groups in total. The summed E-state index contributed by atoms with van der Waals surface area (Å²) in [7, 11) is 0. The molecule has 0 saturated heterocycles. The summed E-state index contributed by atoms with van der Waals surface area (Å²) >= 11 is 0. The molecule has 8 heteroatoms. The lowest BCUT2D eigenvalue weighted by atomic mass is 10.1. The van der Waals surface area contributed by atoms with Gasteiger partial charge in [-0.1, -0.05) is 18.2 Å². The lowest BCUT2D eigenvalue weighted by Crippen LogP contribution is -2.42. The van der Waals surface area contributed by atoms with Gasteiger partial charge in [0.2, 0.25) is 5.91 Å². The number of carbonyl (C=O) groups excluding carboxylic acids is 3. The number of nitro groups is 1. The quantitative estimate of drug-likeness (QED) is 0.477. The van der Waals surface area contributed by atoms with Crippen LogP contribution in [0.4, 0.5) is 11.4 Å². The predicted molar refractivity (Wildman–Crippen MR) is 91.0 cm³/mol. The fourth-order valence-electron chi connectivity index (χ4n) is 3.35. The molecule has 2 aromatic rings. The number of fused-ring (bicyclic) bond motifs is 2. The van der Waals surface area contributed by atoms with Gasteiger partial charge in [0, 0.05) is 24.4 Å². The molecule has 0 radical (unpaired) electrons. The lowest BCUT2D eigenvalue weighted by Gasteiger charge is -2.20. The molecule has 0 atom stereocenters. The van der Waals surface area contributed by atoms with E-state index in [4.69, 9.17) is 0 Å². The molecule has 130 valence electrons. The normalized spacial score (nSPS) is 15.2. The summed E-state index contributed by atoms with van der Waals surface area (Å²) in [6, 6.07) is 11.0. The molecule has 2 heterocycles. The zero-order valence-corrected chi connectivity index (χ0v) is 13.5. The van der Waals surface area contributed by atoms with Crippen molar-refractivity contribution < 1.29 is 19.3 Å². The second-order valence-corrected chi connectivity index (χ2v) is 6.11. The Morgan fingerprint density at radius 1 is 1.08 bits per heavy atom. The van der Waals surface area contributed by atoms with Gasteiger partial charge in [0.25, 0.3) is 17.5 Å². The number of hydrogen-bond donors (Lipinski definition) is 0. The first-order valence-electron chi connectivity index (χ1n) is 8.00. The van der Waals surface area contributed by atoms with Crippen LogP contribution in [0.2, 0.25) is 0 Å². The van der Waals surface area contributed by atoms with E-state index in [1.807, 2.05) is 24.3 Å². The van der Waals surface area contributed by atoms with Crippen LogP contribution >= 0.6 is 0 Å². The Bertz CT molecular complexity index is 985. The first kappa shape index (κ1) is 15.9. The smallest absolute Gasteiger partial charge is 0.270 e. The summed E-state index contributed by atoms with van der Waals surface area (Å²) in [4.78, 5) is 50.2. The van der Waals surface area contributed by atoms with E-state index in [2.05, 4.69) is 0 Å². The van der Waals surface area contributed by atoms with Gasteiger partial charge in [0.15, 0.2) is 0 Å². The highest BCUT2D eigenvalue weighted by Gasteiger charge is 2.39. The van der Waals surface area contributed by atoms with E-state index in [1.54, 1.807) is 4.90 Å². The zero-order chi connectivity index (χ0) is 18.4. The SMILES string of the molecule is O=C1c2ccc([N+](=O)[O-])cc2C(=O)N1CC(=O)N1CCc2ccccc21. The molecule has 0 aromatic heterocycles. The van der Waals surface area contributed by atoms with E-state index >= 15 is 0 Å². The van der Waals surface area contributed by atoms with Crippen LogP contribution < -0.4 is 4.90 Å². The van der Waals surface area contributed by atoms with E-state index in [1.165, 1.54) is 12.1 Å². The molecule has 3 amide bonds. The van der Waals surface area contributed by atoms with Crippen LogP contribution in [0.5, 0.6) is 0 Å². The second-order valence-electron chi connectivity index (χ2n) is 6.11. The molecule has 0 aliphatic carbocycles. The lowest BCUT2D eigenvalue weighted by molar-refractivity contribution is -0.384. The summed E-state index contributed by atoms with van der Waals surface area (Å²) < 4.78 is 0. The fraction of sp³-hybridized carbons (Fsp3) is 0.167. The number of nitro benzene ring substituents is 1. The standard InChI is InChI=1S/C18H13N3O5/c22-16(19-8-7-11-3-1-2-4-15(11)19)10-20-17(23)13-6-5-12(21(25)26)9-14(13)18(20)24/h1-6,9H,7-8,10H2. The zero-order valence-electron chi connectivity index (χ0n) is 13.5. The number of rotatable bonds is 3. The van der Waals surface area contributed by atoms with Crippen molar-refractivity contribution in [3.8, 4) is 0 Å². The van der Waals surface area contributed by atoms with Crippen LogP contribution in [-0.4, -0.2) is 40.6 Å². The largest absolute Gasteiger partial charge is 0.310 e. The molecule has 8 nitrogen and oxygen atoms in total. The number of amides is 3. The van der Waals surface area contributed by atoms with Crippen molar-refractivity contribution in [1.29, 1.82) is 0 Å². The minimum atomic E-state index is -0.686. The van der Waals surface area contributed by atoms with Gasteiger partial charge in [-0.15, -0.1) is 0 Å². The topological polar surface area (TPSA) is 101 Å². The van der Waals surface area contributed by atoms with Gasteiger partial charge < -0.3 is 4.90 Å². The van der Waals surface area contributed by atoms with Crippen molar-refractivity contribution >= 4 is 29.1 Å². The Hall–Kier alpha value is -3.55. The van der Waals surface area contributed by atoms with Crippen molar-refractivity contribution in [2.24, 2.45) is 0 Å². The Morgan fingerprint density at radius 3 is 2.58 bits per heavy atom. The van der Waals surface area contributed by atoms with E-state index in [0.717, 1.165) is 28.6 Å². The van der Waals surface area contributed by atoms with E-state index < -0.39 is 23.3 Å². The van der Waals surface area contributed by atoms with Gasteiger partial charge in [-0.2, -0.15) is 0 Å². The highest BCUT2D eigenvalue weighted by molar-refractivity contribution is 6.23. The molecule has 0 unspecified atom stereocenters. The molecule has 2 aromatic carbocycles. The van der Waals surface area contributed by atoms with Crippen molar-refractivity contribution in [3.05, 3.63) is 69.3 Å². The molecule has 0 fully saturated rings. The molecule has 2 aliphatic heterocycles. The van der Waals surface area contributed by atoms with Gasteiger partial charge in [-0.3, -0.25) is 29.4 Å². The number of para-hydroxylation sites is 1. The van der Waals surface area contributed by atoms with Gasteiger partial charge in [-0.25, -0.2) is 0 Å². The molecular formula is C18H13N3O5. The van der Waals surface area contributed by atoms with Crippen LogP contribution in [0.15, 0.2) is 42.5 Å². The Balaban J connectivity index is 1.58. The third kappa shape index (κ3) is 2.34. The summed E-state index contributed by atoms with van der Waals surface area (Å²) in [6.07, 6.45) is 0.718. The maximum atomic E-state index is 12.7. The number of imide groups is 1. The van der Waals surface area contributed by atoms with Gasteiger partial charge in [0.1, 0.15) is 6.54 Å². The highest BCUT2D eigenvalue weighted by atomic mass is 16.6. The third-order valence-corrected chi connectivity index (χ3v) is 4.65. The minimum absolute atomic E-state index is 0.0428. The maximum Gasteiger partial charge on any atom is 0.270 e. The summed E-state index contributed by atoms with van der Waals surface area (Å²) in [5.41, 5.74) is 1.59. The van der Waals surface area contributed by atoms with Crippen LogP contribution in [-0.2, 0) is 11.2 Å². The molecule has 0 bridgehead atoms. The number of non-ortho nitro benzene ring substituents is 1. The van der Waals surface area contributed by atoms with Crippen LogP contribution in [0.1, 0.15) is 26.3 Å². The summed E-state index contributed by atoms with van der Waals surface area (Å²) in [5.74, 6) is -1.66. The summed E-state index contributed by atoms with van der Waals surface area (Å²) in [6.45, 7) is 0.0985. The Morgan fingerprint density at radius 2 is 1.81 bits per heavy atom. The highest BCUT2D eigenvalue weighted by Crippen LogP contribution is 2.29. The molecular weight excluding hydrogens is 338 g/mol. The predicted octanol–water partition coefficient (Wildman–Crippen LogP) is 1.78. The molecule has 0 saturated carbocycles. The number of nitrogens with zero attached hydrogens (tertiary/aromatic N) is 3. The van der Waals surface area contributed by atoms with E-state index in [0.29, 0.717) is 6.54 Å². The average molecular weight is 351 g/mol. The average Bonchev–Trinajstić information content (AvgIpc) is 3.17. The van der Waals surface area contributed by atoms with Crippen molar-refractivity contribution in [2.75, 3.05) is 18.0 Å². The monoisotopic (exact) mass is 351 g/mol. The van der Waals surface area contributed by atoms with Crippen LogP contribution in [0.3, 0.4) is 0 Å². The minimum Gasteiger partial charge on any atom is -0.310 e.